The largest absolute Gasteiger partial charge is 0.493 e. The van der Waals surface area contributed by atoms with Crippen LogP contribution in [-0.2, 0) is 6.42 Å². The molecule has 136 valence electrons. The van der Waals surface area contributed by atoms with E-state index in [1.807, 2.05) is 12.1 Å². The lowest BCUT2D eigenvalue weighted by Crippen LogP contribution is -2.41. The number of nitrogens with one attached hydrogen (secondary N) is 1. The summed E-state index contributed by atoms with van der Waals surface area (Å²) in [6.45, 7) is 2.29. The van der Waals surface area contributed by atoms with E-state index in [4.69, 9.17) is 4.74 Å². The van der Waals surface area contributed by atoms with E-state index in [0.29, 0.717) is 30.6 Å². The fraction of sp³-hybridized carbons (Fsp3) is 0.381. The summed E-state index contributed by atoms with van der Waals surface area (Å²) in [5, 5.41) is 12.8. The van der Waals surface area contributed by atoms with Crippen molar-refractivity contribution in [1.82, 2.24) is 5.32 Å². The number of amides is 1. The normalized spacial score (nSPS) is 22.1. The molecule has 4 rings (SSSR count). The average molecular weight is 355 g/mol. The highest BCUT2D eigenvalue weighted by Gasteiger charge is 2.36. The van der Waals surface area contributed by atoms with Gasteiger partial charge in [0.05, 0.1) is 18.8 Å². The number of benzene rings is 2. The van der Waals surface area contributed by atoms with Crippen LogP contribution in [0.2, 0.25) is 0 Å². The third-order valence-corrected chi connectivity index (χ3v) is 5.49. The lowest BCUT2D eigenvalue weighted by atomic mass is 9.74. The fourth-order valence-corrected chi connectivity index (χ4v) is 3.85. The van der Waals surface area contributed by atoms with Gasteiger partial charge in [0.15, 0.2) is 0 Å². The topological polar surface area (TPSA) is 58.6 Å². The van der Waals surface area contributed by atoms with Gasteiger partial charge in [0, 0.05) is 12.0 Å². The molecule has 4 nitrogen and oxygen atoms in total. The van der Waals surface area contributed by atoms with Crippen molar-refractivity contribution in [2.75, 3.05) is 6.61 Å². The number of halogens is 1. The number of hydrogen-bond donors (Lipinski definition) is 2. The second kappa shape index (κ2) is 6.72. The maximum atomic E-state index is 13.8. The van der Waals surface area contributed by atoms with Gasteiger partial charge < -0.3 is 15.2 Å². The number of carbonyl (C=O) groups excluding carboxylic acids is 1. The van der Waals surface area contributed by atoms with Crippen LogP contribution in [0.25, 0.3) is 0 Å². The predicted octanol–water partition coefficient (Wildman–Crippen LogP) is 3.31. The average Bonchev–Trinajstić information content (AvgIpc) is 3.07. The lowest BCUT2D eigenvalue weighted by Gasteiger charge is -2.38. The number of rotatable bonds is 4. The van der Waals surface area contributed by atoms with Crippen molar-refractivity contribution in [3.8, 4) is 5.75 Å². The Hall–Kier alpha value is -2.40. The number of carbonyl (C=O) groups is 1. The molecule has 1 aliphatic heterocycles. The predicted molar refractivity (Wildman–Crippen MR) is 95.7 cm³/mol. The van der Waals surface area contributed by atoms with Crippen molar-refractivity contribution >= 4 is 5.91 Å². The summed E-state index contributed by atoms with van der Waals surface area (Å²) in [4.78, 5) is 12.8. The molecule has 26 heavy (non-hydrogen) atoms. The Balaban J connectivity index is 1.62. The van der Waals surface area contributed by atoms with Crippen molar-refractivity contribution in [3.63, 3.8) is 0 Å². The first-order chi connectivity index (χ1) is 12.5. The highest BCUT2D eigenvalue weighted by molar-refractivity contribution is 5.95. The SMILES string of the molecule is Cc1c(F)cccc1C(=O)NC(c1ccc2c(c1)CCO2)C1CC(O)C1. The van der Waals surface area contributed by atoms with Crippen molar-refractivity contribution in [2.24, 2.45) is 5.92 Å². The van der Waals surface area contributed by atoms with Gasteiger partial charge in [0.2, 0.25) is 0 Å². The molecule has 1 unspecified atom stereocenters. The van der Waals surface area contributed by atoms with E-state index in [9.17, 15) is 14.3 Å². The van der Waals surface area contributed by atoms with Gasteiger partial charge in [-0.2, -0.15) is 0 Å². The Morgan fingerprint density at radius 2 is 2.12 bits per heavy atom. The molecule has 0 saturated heterocycles. The van der Waals surface area contributed by atoms with Gasteiger partial charge >= 0.3 is 0 Å². The highest BCUT2D eigenvalue weighted by atomic mass is 19.1. The summed E-state index contributed by atoms with van der Waals surface area (Å²) in [5.41, 5.74) is 2.84. The maximum Gasteiger partial charge on any atom is 0.252 e. The zero-order valence-electron chi connectivity index (χ0n) is 14.7. The van der Waals surface area contributed by atoms with E-state index in [-0.39, 0.29) is 29.8 Å². The van der Waals surface area contributed by atoms with E-state index < -0.39 is 0 Å². The summed E-state index contributed by atoms with van der Waals surface area (Å²) in [6, 6.07) is 10.3. The molecule has 0 bridgehead atoms. The van der Waals surface area contributed by atoms with Crippen molar-refractivity contribution in [3.05, 3.63) is 64.5 Å². The van der Waals surface area contributed by atoms with Crippen molar-refractivity contribution in [1.29, 1.82) is 0 Å². The first-order valence-corrected chi connectivity index (χ1v) is 9.02. The second-order valence-electron chi connectivity index (χ2n) is 7.21. The number of hydrogen-bond acceptors (Lipinski definition) is 3. The molecule has 2 N–H and O–H groups in total. The molecule has 2 aromatic rings. The van der Waals surface area contributed by atoms with Crippen LogP contribution in [0, 0.1) is 18.7 Å². The summed E-state index contributed by atoms with van der Waals surface area (Å²) in [6.07, 6.45) is 1.86. The summed E-state index contributed by atoms with van der Waals surface area (Å²) < 4.78 is 19.4. The smallest absolute Gasteiger partial charge is 0.252 e. The van der Waals surface area contributed by atoms with Crippen LogP contribution in [-0.4, -0.2) is 23.7 Å². The van der Waals surface area contributed by atoms with E-state index in [1.165, 1.54) is 6.07 Å². The number of ether oxygens (including phenoxy) is 1. The third kappa shape index (κ3) is 3.07. The standard InChI is InChI=1S/C21H22FNO3/c1-12-17(3-2-4-18(12)22)21(25)23-20(15-10-16(24)11-15)14-5-6-19-13(9-14)7-8-26-19/h2-6,9,15-16,20,24H,7-8,10-11H2,1H3,(H,23,25). The number of aliphatic hydroxyl groups excluding tert-OH is 1. The zero-order chi connectivity index (χ0) is 18.3. The fourth-order valence-electron chi connectivity index (χ4n) is 3.85. The van der Waals surface area contributed by atoms with Crippen molar-refractivity contribution in [2.45, 2.75) is 38.3 Å². The molecule has 1 fully saturated rings. The molecule has 1 aliphatic carbocycles. The van der Waals surface area contributed by atoms with E-state index >= 15 is 0 Å². The molecule has 1 heterocycles. The van der Waals surface area contributed by atoms with Crippen LogP contribution in [0.3, 0.4) is 0 Å². The van der Waals surface area contributed by atoms with Gasteiger partial charge in [0.25, 0.3) is 5.91 Å². The third-order valence-electron chi connectivity index (χ3n) is 5.49. The molecule has 2 aromatic carbocycles. The quantitative estimate of drug-likeness (QED) is 0.885. The van der Waals surface area contributed by atoms with Crippen LogP contribution in [0.4, 0.5) is 4.39 Å². The molecular weight excluding hydrogens is 333 g/mol. The Bertz CT molecular complexity index is 845. The molecule has 1 atom stereocenters. The minimum absolute atomic E-state index is 0.170. The Morgan fingerprint density at radius 3 is 2.88 bits per heavy atom. The zero-order valence-corrected chi connectivity index (χ0v) is 14.7. The van der Waals surface area contributed by atoms with E-state index in [0.717, 1.165) is 23.3 Å². The Kier molecular flexibility index (Phi) is 4.41. The second-order valence-corrected chi connectivity index (χ2v) is 7.21. The summed E-state index contributed by atoms with van der Waals surface area (Å²) >= 11 is 0. The van der Waals surface area contributed by atoms with Crippen LogP contribution in [0.1, 0.15) is 45.9 Å². The molecule has 2 aliphatic rings. The number of fused-ring (bicyclic) bond motifs is 1. The molecular formula is C21H22FNO3. The van der Waals surface area contributed by atoms with Crippen molar-refractivity contribution < 1.29 is 19.0 Å². The van der Waals surface area contributed by atoms with Crippen LogP contribution in [0.5, 0.6) is 5.75 Å². The first-order valence-electron chi connectivity index (χ1n) is 9.02. The molecule has 0 spiro atoms. The molecule has 0 radical (unpaired) electrons. The van der Waals surface area contributed by atoms with Gasteiger partial charge in [0.1, 0.15) is 11.6 Å². The van der Waals surface area contributed by atoms with E-state index in [2.05, 4.69) is 11.4 Å². The van der Waals surface area contributed by atoms with Crippen LogP contribution >= 0.6 is 0 Å². The maximum absolute atomic E-state index is 13.8. The van der Waals surface area contributed by atoms with Gasteiger partial charge in [-0.15, -0.1) is 0 Å². The lowest BCUT2D eigenvalue weighted by molar-refractivity contribution is 0.0235. The molecule has 5 heteroatoms. The minimum atomic E-state index is -0.386. The number of aliphatic hydroxyl groups is 1. The monoisotopic (exact) mass is 355 g/mol. The molecule has 1 saturated carbocycles. The molecule has 0 aromatic heterocycles. The van der Waals surface area contributed by atoms with Gasteiger partial charge in [-0.05, 0) is 66.6 Å². The van der Waals surface area contributed by atoms with Gasteiger partial charge in [-0.1, -0.05) is 12.1 Å². The highest BCUT2D eigenvalue weighted by Crippen LogP contribution is 2.40. The van der Waals surface area contributed by atoms with Gasteiger partial charge in [-0.25, -0.2) is 4.39 Å². The summed E-state index contributed by atoms with van der Waals surface area (Å²) in [7, 11) is 0. The van der Waals surface area contributed by atoms with Crippen LogP contribution in [0.15, 0.2) is 36.4 Å². The van der Waals surface area contributed by atoms with Crippen LogP contribution < -0.4 is 10.1 Å². The first kappa shape index (κ1) is 17.0. The van der Waals surface area contributed by atoms with E-state index in [1.54, 1.807) is 19.1 Å². The minimum Gasteiger partial charge on any atom is -0.493 e. The Morgan fingerprint density at radius 1 is 1.31 bits per heavy atom. The molecule has 1 amide bonds. The van der Waals surface area contributed by atoms with Gasteiger partial charge in [-0.3, -0.25) is 4.79 Å². The summed E-state index contributed by atoms with van der Waals surface area (Å²) in [5.74, 6) is 0.393. The Labute approximate surface area is 152 Å².